The number of nitrogens with two attached hydrogens (primary N) is 1. The summed E-state index contributed by atoms with van der Waals surface area (Å²) in [4.78, 5) is 12.3. The molecule has 0 aliphatic heterocycles. The van der Waals surface area contributed by atoms with Gasteiger partial charge in [0.2, 0.25) is 0 Å². The van der Waals surface area contributed by atoms with Crippen LogP contribution >= 0.6 is 15.9 Å². The van der Waals surface area contributed by atoms with Crippen molar-refractivity contribution in [3.8, 4) is 0 Å². The number of carbonyl (C=O) groups excluding carboxylic acids is 1. The molecule has 0 fully saturated rings. The van der Waals surface area contributed by atoms with Crippen LogP contribution in [-0.4, -0.2) is 17.0 Å². The first-order valence-electron chi connectivity index (χ1n) is 6.17. The van der Waals surface area contributed by atoms with Crippen LogP contribution in [0.25, 0.3) is 0 Å². The van der Waals surface area contributed by atoms with Gasteiger partial charge in [0.25, 0.3) is 5.91 Å². The molecule has 0 atom stereocenters. The second kappa shape index (κ2) is 6.41. The molecule has 0 aliphatic rings. The molecular weight excluding hydrogens is 334 g/mol. The number of carbonyl (C=O) groups is 1. The number of benzene rings is 2. The van der Waals surface area contributed by atoms with Crippen molar-refractivity contribution in [2.24, 2.45) is 10.9 Å². The average Bonchev–Trinajstić information content (AvgIpc) is 2.49. The highest BCUT2D eigenvalue weighted by Crippen LogP contribution is 2.21. The number of anilines is 1. The van der Waals surface area contributed by atoms with E-state index in [2.05, 4.69) is 26.4 Å². The van der Waals surface area contributed by atoms with Crippen molar-refractivity contribution >= 4 is 33.4 Å². The van der Waals surface area contributed by atoms with Crippen molar-refractivity contribution in [3.63, 3.8) is 0 Å². The van der Waals surface area contributed by atoms with Crippen molar-refractivity contribution in [2.75, 3.05) is 5.32 Å². The zero-order valence-corrected chi connectivity index (χ0v) is 12.9. The molecule has 2 aromatic carbocycles. The highest BCUT2D eigenvalue weighted by atomic mass is 79.9. The van der Waals surface area contributed by atoms with Gasteiger partial charge in [0, 0.05) is 15.7 Å². The highest BCUT2D eigenvalue weighted by Gasteiger charge is 2.11. The van der Waals surface area contributed by atoms with E-state index in [1.165, 1.54) is 0 Å². The van der Waals surface area contributed by atoms with Gasteiger partial charge >= 0.3 is 0 Å². The van der Waals surface area contributed by atoms with E-state index < -0.39 is 0 Å². The number of hydrogen-bond donors (Lipinski definition) is 3. The van der Waals surface area contributed by atoms with Crippen LogP contribution < -0.4 is 11.1 Å². The minimum absolute atomic E-state index is 0.00797. The van der Waals surface area contributed by atoms with Gasteiger partial charge < -0.3 is 16.3 Å². The van der Waals surface area contributed by atoms with Crippen LogP contribution in [0.2, 0.25) is 0 Å². The van der Waals surface area contributed by atoms with E-state index in [9.17, 15) is 4.79 Å². The standard InChI is InChI=1S/C15H14BrN3O2/c1-9-6-7-10(14(17)19-21)8-13(9)18-15(20)11-4-2-3-5-12(11)16/h2-8,21H,1H3,(H2,17,19)(H,18,20). The van der Waals surface area contributed by atoms with Crippen molar-refractivity contribution in [3.05, 3.63) is 63.6 Å². The summed E-state index contributed by atoms with van der Waals surface area (Å²) in [6, 6.07) is 12.3. The fourth-order valence-electron chi connectivity index (χ4n) is 1.81. The Morgan fingerprint density at radius 2 is 2.00 bits per heavy atom. The monoisotopic (exact) mass is 347 g/mol. The van der Waals surface area contributed by atoms with Crippen molar-refractivity contribution in [2.45, 2.75) is 6.92 Å². The van der Waals surface area contributed by atoms with Crippen LogP contribution in [0.5, 0.6) is 0 Å². The smallest absolute Gasteiger partial charge is 0.256 e. The maximum atomic E-state index is 12.3. The van der Waals surface area contributed by atoms with E-state index in [4.69, 9.17) is 10.9 Å². The topological polar surface area (TPSA) is 87.7 Å². The van der Waals surface area contributed by atoms with Crippen molar-refractivity contribution in [1.82, 2.24) is 0 Å². The zero-order chi connectivity index (χ0) is 15.4. The number of hydrogen-bond acceptors (Lipinski definition) is 3. The number of halogens is 1. The second-order valence-corrected chi connectivity index (χ2v) is 5.30. The fourth-order valence-corrected chi connectivity index (χ4v) is 2.27. The number of rotatable bonds is 3. The van der Waals surface area contributed by atoms with Crippen LogP contribution in [0, 0.1) is 6.92 Å². The summed E-state index contributed by atoms with van der Waals surface area (Å²) in [6.07, 6.45) is 0. The Balaban J connectivity index is 2.31. The Hall–Kier alpha value is -2.34. The van der Waals surface area contributed by atoms with E-state index in [0.29, 0.717) is 21.3 Å². The minimum Gasteiger partial charge on any atom is -0.409 e. The Morgan fingerprint density at radius 1 is 1.29 bits per heavy atom. The third kappa shape index (κ3) is 3.41. The van der Waals surface area contributed by atoms with Gasteiger partial charge in [0.1, 0.15) is 0 Å². The molecule has 5 nitrogen and oxygen atoms in total. The molecule has 6 heteroatoms. The summed E-state index contributed by atoms with van der Waals surface area (Å²) in [6.45, 7) is 1.87. The first-order chi connectivity index (χ1) is 10.0. The molecule has 0 saturated heterocycles. The third-order valence-electron chi connectivity index (χ3n) is 3.01. The molecule has 0 spiro atoms. The SMILES string of the molecule is Cc1ccc(C(N)=NO)cc1NC(=O)c1ccccc1Br. The number of amidine groups is 1. The van der Waals surface area contributed by atoms with E-state index >= 15 is 0 Å². The van der Waals surface area contributed by atoms with Crippen molar-refractivity contribution in [1.29, 1.82) is 0 Å². The van der Waals surface area contributed by atoms with Gasteiger partial charge in [-0.05, 0) is 46.6 Å². The molecule has 2 aromatic rings. The number of oxime groups is 1. The van der Waals surface area contributed by atoms with E-state index in [0.717, 1.165) is 5.56 Å². The molecule has 0 bridgehead atoms. The Kier molecular flexibility index (Phi) is 4.59. The Morgan fingerprint density at radius 3 is 2.67 bits per heavy atom. The lowest BCUT2D eigenvalue weighted by molar-refractivity contribution is 0.102. The third-order valence-corrected chi connectivity index (χ3v) is 3.70. The highest BCUT2D eigenvalue weighted by molar-refractivity contribution is 9.10. The lowest BCUT2D eigenvalue weighted by Crippen LogP contribution is -2.16. The summed E-state index contributed by atoms with van der Waals surface area (Å²) < 4.78 is 0.716. The molecule has 21 heavy (non-hydrogen) atoms. The van der Waals surface area contributed by atoms with Gasteiger partial charge in [0.15, 0.2) is 5.84 Å². The van der Waals surface area contributed by atoms with Gasteiger partial charge in [-0.2, -0.15) is 0 Å². The summed E-state index contributed by atoms with van der Waals surface area (Å²) in [5.41, 5.74) is 8.12. The number of aryl methyl sites for hydroxylation is 1. The van der Waals surface area contributed by atoms with Crippen LogP contribution in [-0.2, 0) is 0 Å². The zero-order valence-electron chi connectivity index (χ0n) is 11.3. The Bertz CT molecular complexity index is 714. The molecule has 0 aliphatic carbocycles. The molecule has 1 amide bonds. The van der Waals surface area contributed by atoms with Gasteiger partial charge in [-0.3, -0.25) is 4.79 Å². The normalized spacial score (nSPS) is 11.2. The first-order valence-corrected chi connectivity index (χ1v) is 6.96. The molecule has 4 N–H and O–H groups in total. The molecule has 0 unspecified atom stereocenters. The predicted octanol–water partition coefficient (Wildman–Crippen LogP) is 3.10. The maximum Gasteiger partial charge on any atom is 0.256 e. The van der Waals surface area contributed by atoms with Gasteiger partial charge in [-0.15, -0.1) is 0 Å². The summed E-state index contributed by atoms with van der Waals surface area (Å²) in [7, 11) is 0. The summed E-state index contributed by atoms with van der Waals surface area (Å²) in [5.74, 6) is -0.242. The minimum atomic E-state index is -0.234. The molecule has 0 saturated carbocycles. The summed E-state index contributed by atoms with van der Waals surface area (Å²) in [5, 5.41) is 14.5. The lowest BCUT2D eigenvalue weighted by Gasteiger charge is -2.11. The van der Waals surface area contributed by atoms with E-state index in [-0.39, 0.29) is 11.7 Å². The van der Waals surface area contributed by atoms with Crippen LogP contribution in [0.4, 0.5) is 5.69 Å². The Labute approximate surface area is 130 Å². The molecular formula is C15H14BrN3O2. The van der Waals surface area contributed by atoms with E-state index in [1.54, 1.807) is 36.4 Å². The van der Waals surface area contributed by atoms with Crippen molar-refractivity contribution < 1.29 is 10.0 Å². The average molecular weight is 348 g/mol. The number of amides is 1. The van der Waals surface area contributed by atoms with E-state index in [1.807, 2.05) is 13.0 Å². The quantitative estimate of drug-likeness (QED) is 0.345. The second-order valence-electron chi connectivity index (χ2n) is 4.45. The molecule has 2 rings (SSSR count). The summed E-state index contributed by atoms with van der Waals surface area (Å²) >= 11 is 3.34. The fraction of sp³-hybridized carbons (Fsp3) is 0.0667. The van der Waals surface area contributed by atoms with Crippen LogP contribution in [0.15, 0.2) is 52.1 Å². The largest absolute Gasteiger partial charge is 0.409 e. The lowest BCUT2D eigenvalue weighted by atomic mass is 10.1. The molecule has 0 heterocycles. The van der Waals surface area contributed by atoms with Crippen LogP contribution in [0.1, 0.15) is 21.5 Å². The van der Waals surface area contributed by atoms with Gasteiger partial charge in [0.05, 0.1) is 5.56 Å². The molecule has 0 aromatic heterocycles. The predicted molar refractivity (Wildman–Crippen MR) is 85.8 cm³/mol. The maximum absolute atomic E-state index is 12.3. The molecule has 0 radical (unpaired) electrons. The number of nitrogens with zero attached hydrogens (tertiary/aromatic N) is 1. The van der Waals surface area contributed by atoms with Crippen LogP contribution in [0.3, 0.4) is 0 Å². The molecule has 108 valence electrons. The van der Waals surface area contributed by atoms with Gasteiger partial charge in [-0.25, -0.2) is 0 Å². The first kappa shape index (κ1) is 15.1. The van der Waals surface area contributed by atoms with Gasteiger partial charge in [-0.1, -0.05) is 29.4 Å². The number of nitrogens with one attached hydrogen (secondary N) is 1.